The zero-order chi connectivity index (χ0) is 12.8. The number of anilines is 1. The molecule has 1 atom stereocenters. The van der Waals surface area contributed by atoms with Crippen LogP contribution in [0.1, 0.15) is 20.8 Å². The standard InChI is InChI=1S/C13H19NO3/c1-9(2)17-12-6-4-11(5-7-12)14-8-10(3)13(15)16/h4-7,9-10,14H,8H2,1-3H3,(H,15,16). The second-order valence-electron chi connectivity index (χ2n) is 4.31. The van der Waals surface area contributed by atoms with E-state index in [4.69, 9.17) is 9.84 Å². The Balaban J connectivity index is 2.48. The molecule has 0 aromatic heterocycles. The fourth-order valence-electron chi connectivity index (χ4n) is 1.28. The zero-order valence-corrected chi connectivity index (χ0v) is 10.4. The summed E-state index contributed by atoms with van der Waals surface area (Å²) in [5.41, 5.74) is 0.897. The zero-order valence-electron chi connectivity index (χ0n) is 10.4. The van der Waals surface area contributed by atoms with E-state index in [0.717, 1.165) is 11.4 Å². The van der Waals surface area contributed by atoms with Gasteiger partial charge in [-0.1, -0.05) is 6.92 Å². The molecule has 4 heteroatoms. The van der Waals surface area contributed by atoms with Gasteiger partial charge in [0.15, 0.2) is 0 Å². The third kappa shape index (κ3) is 4.76. The number of ether oxygens (including phenoxy) is 1. The number of carboxylic acids is 1. The number of hydrogen-bond donors (Lipinski definition) is 2. The Hall–Kier alpha value is -1.71. The molecule has 1 aromatic rings. The monoisotopic (exact) mass is 237 g/mol. The second-order valence-corrected chi connectivity index (χ2v) is 4.31. The van der Waals surface area contributed by atoms with Crippen LogP contribution < -0.4 is 10.1 Å². The maximum absolute atomic E-state index is 10.6. The summed E-state index contributed by atoms with van der Waals surface area (Å²) >= 11 is 0. The van der Waals surface area contributed by atoms with E-state index in [9.17, 15) is 4.79 Å². The highest BCUT2D eigenvalue weighted by Gasteiger charge is 2.09. The summed E-state index contributed by atoms with van der Waals surface area (Å²) in [6, 6.07) is 7.50. The van der Waals surface area contributed by atoms with Crippen molar-refractivity contribution < 1.29 is 14.6 Å². The van der Waals surface area contributed by atoms with Crippen molar-refractivity contribution in [1.82, 2.24) is 0 Å². The predicted octanol–water partition coefficient (Wildman–Crippen LogP) is 2.61. The van der Waals surface area contributed by atoms with Gasteiger partial charge in [0, 0.05) is 12.2 Å². The summed E-state index contributed by atoms with van der Waals surface area (Å²) < 4.78 is 5.51. The maximum atomic E-state index is 10.6. The SMILES string of the molecule is CC(C)Oc1ccc(NCC(C)C(=O)O)cc1. The highest BCUT2D eigenvalue weighted by molar-refractivity contribution is 5.70. The molecule has 94 valence electrons. The van der Waals surface area contributed by atoms with Crippen LogP contribution in [-0.4, -0.2) is 23.7 Å². The number of carboxylic acid groups (broad SMARTS) is 1. The van der Waals surface area contributed by atoms with E-state index in [0.29, 0.717) is 6.54 Å². The molecule has 0 saturated carbocycles. The molecule has 0 fully saturated rings. The molecular formula is C13H19NO3. The summed E-state index contributed by atoms with van der Waals surface area (Å²) in [5.74, 6) is -0.379. The number of hydrogen-bond acceptors (Lipinski definition) is 3. The summed E-state index contributed by atoms with van der Waals surface area (Å²) in [6.07, 6.45) is 0.154. The van der Waals surface area contributed by atoms with E-state index in [1.165, 1.54) is 0 Å². The van der Waals surface area contributed by atoms with E-state index in [1.54, 1.807) is 6.92 Å². The Morgan fingerprint density at radius 2 is 1.88 bits per heavy atom. The van der Waals surface area contributed by atoms with Gasteiger partial charge in [-0.2, -0.15) is 0 Å². The first-order chi connectivity index (χ1) is 7.99. The van der Waals surface area contributed by atoms with Gasteiger partial charge < -0.3 is 15.2 Å². The normalized spacial score (nSPS) is 12.2. The molecule has 0 saturated heterocycles. The second kappa shape index (κ2) is 6.13. The average Bonchev–Trinajstić information content (AvgIpc) is 2.26. The first kappa shape index (κ1) is 13.4. The fraction of sp³-hybridized carbons (Fsp3) is 0.462. The van der Waals surface area contributed by atoms with E-state index in [-0.39, 0.29) is 6.10 Å². The van der Waals surface area contributed by atoms with Crippen LogP contribution in [0.2, 0.25) is 0 Å². The topological polar surface area (TPSA) is 58.6 Å². The molecule has 1 unspecified atom stereocenters. The molecule has 0 aliphatic rings. The molecule has 0 radical (unpaired) electrons. The van der Waals surface area contributed by atoms with Crippen LogP contribution in [0.15, 0.2) is 24.3 Å². The third-order valence-corrected chi connectivity index (χ3v) is 2.26. The number of aliphatic carboxylic acids is 1. The summed E-state index contributed by atoms with van der Waals surface area (Å²) in [5, 5.41) is 11.8. The van der Waals surface area contributed by atoms with Gasteiger partial charge in [-0.3, -0.25) is 4.79 Å². The lowest BCUT2D eigenvalue weighted by Crippen LogP contribution is -2.19. The van der Waals surface area contributed by atoms with Crippen molar-refractivity contribution in [1.29, 1.82) is 0 Å². The van der Waals surface area contributed by atoms with Gasteiger partial charge in [0.1, 0.15) is 5.75 Å². The van der Waals surface area contributed by atoms with E-state index in [2.05, 4.69) is 5.32 Å². The molecule has 0 bridgehead atoms. The van der Waals surface area contributed by atoms with Crippen molar-refractivity contribution in [2.75, 3.05) is 11.9 Å². The Kier molecular flexibility index (Phi) is 4.82. The molecule has 0 amide bonds. The molecule has 1 aromatic carbocycles. The van der Waals surface area contributed by atoms with Crippen molar-refractivity contribution in [3.63, 3.8) is 0 Å². The Morgan fingerprint density at radius 1 is 1.29 bits per heavy atom. The lowest BCUT2D eigenvalue weighted by molar-refractivity contribution is -0.140. The van der Waals surface area contributed by atoms with Gasteiger partial charge in [0.05, 0.1) is 12.0 Å². The minimum atomic E-state index is -0.794. The van der Waals surface area contributed by atoms with Crippen LogP contribution in [0.4, 0.5) is 5.69 Å². The van der Waals surface area contributed by atoms with E-state index < -0.39 is 11.9 Å². The maximum Gasteiger partial charge on any atom is 0.308 e. The predicted molar refractivity (Wildman–Crippen MR) is 67.5 cm³/mol. The lowest BCUT2D eigenvalue weighted by atomic mass is 10.2. The van der Waals surface area contributed by atoms with Gasteiger partial charge >= 0.3 is 5.97 Å². The Morgan fingerprint density at radius 3 is 2.35 bits per heavy atom. The van der Waals surface area contributed by atoms with Crippen LogP contribution in [-0.2, 0) is 4.79 Å². The average molecular weight is 237 g/mol. The van der Waals surface area contributed by atoms with Crippen molar-refractivity contribution in [2.45, 2.75) is 26.9 Å². The number of carbonyl (C=O) groups is 1. The summed E-state index contributed by atoms with van der Waals surface area (Å²) in [7, 11) is 0. The van der Waals surface area contributed by atoms with Gasteiger partial charge in [0.2, 0.25) is 0 Å². The van der Waals surface area contributed by atoms with E-state index >= 15 is 0 Å². The first-order valence-electron chi connectivity index (χ1n) is 5.72. The molecule has 4 nitrogen and oxygen atoms in total. The summed E-state index contributed by atoms with van der Waals surface area (Å²) in [6.45, 7) is 6.03. The molecule has 0 heterocycles. The van der Waals surface area contributed by atoms with Gasteiger partial charge in [-0.05, 0) is 38.1 Å². The van der Waals surface area contributed by atoms with Crippen LogP contribution in [0.3, 0.4) is 0 Å². The van der Waals surface area contributed by atoms with Crippen molar-refractivity contribution in [3.8, 4) is 5.75 Å². The fourth-order valence-corrected chi connectivity index (χ4v) is 1.28. The number of rotatable bonds is 6. The number of benzene rings is 1. The van der Waals surface area contributed by atoms with Gasteiger partial charge in [0.25, 0.3) is 0 Å². The largest absolute Gasteiger partial charge is 0.491 e. The van der Waals surface area contributed by atoms with Gasteiger partial charge in [-0.15, -0.1) is 0 Å². The van der Waals surface area contributed by atoms with Crippen molar-refractivity contribution in [3.05, 3.63) is 24.3 Å². The quantitative estimate of drug-likeness (QED) is 0.798. The van der Waals surface area contributed by atoms with Crippen LogP contribution in [0.5, 0.6) is 5.75 Å². The summed E-state index contributed by atoms with van der Waals surface area (Å²) in [4.78, 5) is 10.6. The molecule has 0 spiro atoms. The Labute approximate surface area is 102 Å². The third-order valence-electron chi connectivity index (χ3n) is 2.26. The molecule has 2 N–H and O–H groups in total. The van der Waals surface area contributed by atoms with E-state index in [1.807, 2.05) is 38.1 Å². The van der Waals surface area contributed by atoms with Crippen molar-refractivity contribution >= 4 is 11.7 Å². The van der Waals surface area contributed by atoms with Crippen LogP contribution in [0.25, 0.3) is 0 Å². The van der Waals surface area contributed by atoms with Crippen molar-refractivity contribution in [2.24, 2.45) is 5.92 Å². The number of nitrogens with one attached hydrogen (secondary N) is 1. The molecule has 1 rings (SSSR count). The first-order valence-corrected chi connectivity index (χ1v) is 5.72. The Bertz CT molecular complexity index is 359. The minimum Gasteiger partial charge on any atom is -0.491 e. The molecule has 17 heavy (non-hydrogen) atoms. The molecular weight excluding hydrogens is 218 g/mol. The van der Waals surface area contributed by atoms with Crippen LogP contribution in [0, 0.1) is 5.92 Å². The minimum absolute atomic E-state index is 0.154. The highest BCUT2D eigenvalue weighted by Crippen LogP contribution is 2.17. The smallest absolute Gasteiger partial charge is 0.308 e. The van der Waals surface area contributed by atoms with Crippen LogP contribution >= 0.6 is 0 Å². The lowest BCUT2D eigenvalue weighted by Gasteiger charge is -2.12. The molecule has 0 aliphatic heterocycles. The molecule has 0 aliphatic carbocycles. The van der Waals surface area contributed by atoms with Gasteiger partial charge in [-0.25, -0.2) is 0 Å². The highest BCUT2D eigenvalue weighted by atomic mass is 16.5.